The average Bonchev–Trinajstić information content (AvgIpc) is 3.26. The zero-order chi connectivity index (χ0) is 47.8. The number of esters is 2. The maximum Gasteiger partial charge on any atom is 0.306 e. The smallest absolute Gasteiger partial charge is 0.306 e. The minimum absolute atomic E-state index is 0.0450. The molecule has 0 aromatic heterocycles. The second kappa shape index (κ2) is 46.8. The van der Waals surface area contributed by atoms with E-state index in [1.54, 1.807) is 0 Å². The van der Waals surface area contributed by atoms with E-state index in [4.69, 9.17) is 18.5 Å². The summed E-state index contributed by atoms with van der Waals surface area (Å²) < 4.78 is 34.0. The van der Waals surface area contributed by atoms with Crippen LogP contribution in [0.4, 0.5) is 0 Å². The van der Waals surface area contributed by atoms with Gasteiger partial charge in [0.25, 0.3) is 7.82 Å². The Labute approximate surface area is 400 Å². The van der Waals surface area contributed by atoms with Crippen LogP contribution in [0.2, 0.25) is 0 Å². The molecule has 10 heteroatoms. The number of rotatable bonds is 48. The van der Waals surface area contributed by atoms with Crippen molar-refractivity contribution in [1.29, 1.82) is 0 Å². The lowest BCUT2D eigenvalue weighted by Crippen LogP contribution is -2.37. The Bertz CT molecular complexity index is 1290. The van der Waals surface area contributed by atoms with Gasteiger partial charge in [-0.3, -0.25) is 14.2 Å². The van der Waals surface area contributed by atoms with Gasteiger partial charge < -0.3 is 27.9 Å². The van der Waals surface area contributed by atoms with E-state index in [-0.39, 0.29) is 26.1 Å². The Morgan fingerprint density at radius 1 is 0.477 bits per heavy atom. The second-order valence-electron chi connectivity index (χ2n) is 18.9. The van der Waals surface area contributed by atoms with Gasteiger partial charge in [0.2, 0.25) is 0 Å². The van der Waals surface area contributed by atoms with E-state index in [1.165, 1.54) is 148 Å². The largest absolute Gasteiger partial charge is 0.756 e. The standard InChI is InChI=1S/C55H100NO8P/c1-6-8-10-12-14-16-18-20-22-24-26-27-28-30-31-33-35-37-39-41-43-45-47-54(57)61-51-53(52-63-65(59,60)62-50-49-56(3,4)5)64-55(58)48-46-44-42-40-38-36-34-32-29-25-23-21-19-17-15-13-11-9-7-2/h15,17,21,23,29,32,36,38,42,44,53H,6-14,16,18-20,22,24-28,30-31,33-35,37,39-41,43,45-52H2,1-5H3/b17-15+,23-21+,32-29+,38-36+,44-42+/t53-/m1/s1. The van der Waals surface area contributed by atoms with Gasteiger partial charge in [-0.1, -0.05) is 222 Å². The highest BCUT2D eigenvalue weighted by Gasteiger charge is 2.21. The molecule has 0 aromatic carbocycles. The summed E-state index contributed by atoms with van der Waals surface area (Å²) in [6.07, 6.45) is 58.5. The number of nitrogens with zero attached hydrogens (tertiary/aromatic N) is 1. The maximum absolute atomic E-state index is 12.7. The third-order valence-electron chi connectivity index (χ3n) is 11.3. The zero-order valence-corrected chi connectivity index (χ0v) is 43.6. The SMILES string of the molecule is CCCCC/C=C/C/C=C/C/C=C/C/C=C/C/C=C/CCC(=O)O[C@H](COC(=O)CCCCCCCCCCCCCCCCCCCCCCCC)COP(=O)([O-])OCC[N+](C)(C)C. The molecule has 0 N–H and O–H groups in total. The first-order chi connectivity index (χ1) is 31.5. The lowest BCUT2D eigenvalue weighted by molar-refractivity contribution is -0.870. The fourth-order valence-corrected chi connectivity index (χ4v) is 7.90. The van der Waals surface area contributed by atoms with Gasteiger partial charge in [-0.2, -0.15) is 0 Å². The van der Waals surface area contributed by atoms with Crippen LogP contribution in [0.15, 0.2) is 60.8 Å². The number of hydrogen-bond acceptors (Lipinski definition) is 8. The van der Waals surface area contributed by atoms with E-state index in [0.29, 0.717) is 17.4 Å². The summed E-state index contributed by atoms with van der Waals surface area (Å²) in [5.41, 5.74) is 0. The van der Waals surface area contributed by atoms with E-state index >= 15 is 0 Å². The molecule has 0 saturated carbocycles. The summed E-state index contributed by atoms with van der Waals surface area (Å²) in [5, 5.41) is 0. The summed E-state index contributed by atoms with van der Waals surface area (Å²) in [4.78, 5) is 37.7. The van der Waals surface area contributed by atoms with Gasteiger partial charge in [0.1, 0.15) is 19.8 Å². The number of likely N-dealkylation sites (N-methyl/N-ethyl adjacent to an activating group) is 1. The fourth-order valence-electron chi connectivity index (χ4n) is 7.17. The van der Waals surface area contributed by atoms with Gasteiger partial charge in [-0.15, -0.1) is 0 Å². The van der Waals surface area contributed by atoms with Crippen LogP contribution >= 0.6 is 7.82 Å². The summed E-state index contributed by atoms with van der Waals surface area (Å²) in [6, 6.07) is 0. The topological polar surface area (TPSA) is 111 Å². The first-order valence-electron chi connectivity index (χ1n) is 26.5. The molecule has 0 fully saturated rings. The lowest BCUT2D eigenvalue weighted by atomic mass is 10.0. The minimum atomic E-state index is -4.65. The van der Waals surface area contributed by atoms with Crippen molar-refractivity contribution < 1.29 is 42.1 Å². The first kappa shape index (κ1) is 62.7. The van der Waals surface area contributed by atoms with Crippen LogP contribution in [-0.4, -0.2) is 70.0 Å². The predicted molar refractivity (Wildman–Crippen MR) is 273 cm³/mol. The third-order valence-corrected chi connectivity index (χ3v) is 12.3. The van der Waals surface area contributed by atoms with Gasteiger partial charge in [0.05, 0.1) is 27.7 Å². The van der Waals surface area contributed by atoms with E-state index in [1.807, 2.05) is 33.3 Å². The molecule has 0 aliphatic rings. The Hall–Kier alpha value is -2.29. The van der Waals surface area contributed by atoms with Gasteiger partial charge in [-0.05, 0) is 51.4 Å². The number of phosphoric ester groups is 1. The maximum atomic E-state index is 12.7. The molecule has 0 rings (SSSR count). The molecule has 1 unspecified atom stereocenters. The highest BCUT2D eigenvalue weighted by atomic mass is 31.2. The Morgan fingerprint density at radius 3 is 1.29 bits per heavy atom. The highest BCUT2D eigenvalue weighted by molar-refractivity contribution is 7.45. The summed E-state index contributed by atoms with van der Waals surface area (Å²) in [5.74, 6) is -0.924. The van der Waals surface area contributed by atoms with Crippen LogP contribution in [0.25, 0.3) is 0 Å². The van der Waals surface area contributed by atoms with Crippen molar-refractivity contribution in [2.75, 3.05) is 47.5 Å². The number of phosphoric acid groups is 1. The molecule has 2 atom stereocenters. The Kier molecular flexibility index (Phi) is 45.2. The average molecular weight is 934 g/mol. The van der Waals surface area contributed by atoms with Crippen molar-refractivity contribution in [2.45, 2.75) is 232 Å². The first-order valence-corrected chi connectivity index (χ1v) is 28.0. The number of carbonyl (C=O) groups excluding carboxylic acids is 2. The molecule has 0 amide bonds. The third kappa shape index (κ3) is 51.0. The molecule has 0 heterocycles. The number of quaternary nitrogens is 1. The predicted octanol–water partition coefficient (Wildman–Crippen LogP) is 15.3. The number of carbonyl (C=O) groups is 2. The molecule has 0 bridgehead atoms. The summed E-state index contributed by atoms with van der Waals surface area (Å²) >= 11 is 0. The van der Waals surface area contributed by atoms with Gasteiger partial charge in [0.15, 0.2) is 6.10 Å². The van der Waals surface area contributed by atoms with Crippen LogP contribution in [0.5, 0.6) is 0 Å². The molecule has 65 heavy (non-hydrogen) atoms. The molecule has 0 radical (unpaired) electrons. The number of unbranched alkanes of at least 4 members (excludes halogenated alkanes) is 24. The van der Waals surface area contributed by atoms with Crippen molar-refractivity contribution in [3.8, 4) is 0 Å². The van der Waals surface area contributed by atoms with Crippen LogP contribution in [-0.2, 0) is 32.7 Å². The highest BCUT2D eigenvalue weighted by Crippen LogP contribution is 2.38. The van der Waals surface area contributed by atoms with Crippen molar-refractivity contribution in [3.63, 3.8) is 0 Å². The van der Waals surface area contributed by atoms with E-state index in [0.717, 1.165) is 44.9 Å². The minimum Gasteiger partial charge on any atom is -0.756 e. The fraction of sp³-hybridized carbons (Fsp3) is 0.782. The van der Waals surface area contributed by atoms with Crippen LogP contribution < -0.4 is 4.89 Å². The molecular formula is C55H100NO8P. The molecule has 0 aromatic rings. The molecule has 0 aliphatic carbocycles. The van der Waals surface area contributed by atoms with Crippen molar-refractivity contribution >= 4 is 19.8 Å². The van der Waals surface area contributed by atoms with E-state index in [9.17, 15) is 19.0 Å². The molecule has 378 valence electrons. The van der Waals surface area contributed by atoms with Crippen molar-refractivity contribution in [1.82, 2.24) is 0 Å². The van der Waals surface area contributed by atoms with Crippen LogP contribution in [0.1, 0.15) is 226 Å². The lowest BCUT2D eigenvalue weighted by Gasteiger charge is -2.28. The van der Waals surface area contributed by atoms with E-state index in [2.05, 4.69) is 62.5 Å². The summed E-state index contributed by atoms with van der Waals surface area (Å²) in [7, 11) is 1.12. The van der Waals surface area contributed by atoms with Gasteiger partial charge >= 0.3 is 11.9 Å². The number of ether oxygens (including phenoxy) is 2. The quantitative estimate of drug-likeness (QED) is 0.0195. The number of allylic oxidation sites excluding steroid dienone is 10. The molecule has 0 aliphatic heterocycles. The monoisotopic (exact) mass is 934 g/mol. The summed E-state index contributed by atoms with van der Waals surface area (Å²) in [6.45, 7) is 4.14. The zero-order valence-electron chi connectivity index (χ0n) is 42.7. The van der Waals surface area contributed by atoms with Gasteiger partial charge in [0, 0.05) is 12.8 Å². The van der Waals surface area contributed by atoms with Gasteiger partial charge in [-0.25, -0.2) is 0 Å². The number of hydrogen-bond donors (Lipinski definition) is 0. The van der Waals surface area contributed by atoms with E-state index < -0.39 is 32.5 Å². The van der Waals surface area contributed by atoms with Crippen molar-refractivity contribution in [3.05, 3.63) is 60.8 Å². The normalized spacial score (nSPS) is 13.9. The second-order valence-corrected chi connectivity index (χ2v) is 20.3. The Balaban J connectivity index is 4.31. The molecule has 0 spiro atoms. The van der Waals surface area contributed by atoms with Crippen molar-refractivity contribution in [2.24, 2.45) is 0 Å². The van der Waals surface area contributed by atoms with Crippen LogP contribution in [0.3, 0.4) is 0 Å². The Morgan fingerprint density at radius 2 is 0.862 bits per heavy atom. The molecule has 0 saturated heterocycles. The molecular weight excluding hydrogens is 834 g/mol. The molecule has 9 nitrogen and oxygen atoms in total. The van der Waals surface area contributed by atoms with Crippen LogP contribution in [0, 0.1) is 0 Å².